The first-order valence-corrected chi connectivity index (χ1v) is 9.92. The van der Waals surface area contributed by atoms with Crippen molar-refractivity contribution < 1.29 is 8.42 Å². The molecule has 3 nitrogen and oxygen atoms in total. The van der Waals surface area contributed by atoms with Gasteiger partial charge < -0.3 is 0 Å². The molecular weight excluding hydrogens is 290 g/mol. The van der Waals surface area contributed by atoms with Gasteiger partial charge in [-0.25, -0.2) is 13.6 Å². The lowest BCUT2D eigenvalue weighted by atomic mass is 10.0. The van der Waals surface area contributed by atoms with Crippen molar-refractivity contribution in [2.24, 2.45) is 5.14 Å². The molecule has 2 N–H and O–H groups in total. The van der Waals surface area contributed by atoms with Gasteiger partial charge in [0.05, 0.1) is 0 Å². The van der Waals surface area contributed by atoms with Crippen LogP contribution in [0.15, 0.2) is 4.21 Å². The molecule has 0 atom stereocenters. The summed E-state index contributed by atoms with van der Waals surface area (Å²) in [7, 11) is -3.58. The molecule has 0 aliphatic rings. The van der Waals surface area contributed by atoms with Gasteiger partial charge in [0.1, 0.15) is 4.21 Å². The minimum absolute atomic E-state index is 0.397. The number of primary sulfonamides is 1. The summed E-state index contributed by atoms with van der Waals surface area (Å²) < 4.78 is 23.9. The first-order chi connectivity index (χ1) is 9.41. The van der Waals surface area contributed by atoms with Gasteiger partial charge in [-0.05, 0) is 37.3 Å². The van der Waals surface area contributed by atoms with Crippen molar-refractivity contribution in [1.29, 1.82) is 0 Å². The lowest BCUT2D eigenvalue weighted by molar-refractivity contribution is 0.596. The van der Waals surface area contributed by atoms with Crippen LogP contribution >= 0.6 is 11.3 Å². The molecule has 0 aliphatic heterocycles. The van der Waals surface area contributed by atoms with E-state index < -0.39 is 10.0 Å². The molecule has 5 heteroatoms. The zero-order chi connectivity index (χ0) is 15.2. The monoisotopic (exact) mass is 317 g/mol. The van der Waals surface area contributed by atoms with Gasteiger partial charge in [0, 0.05) is 4.88 Å². The lowest BCUT2D eigenvalue weighted by Crippen LogP contribution is -2.13. The van der Waals surface area contributed by atoms with Crippen molar-refractivity contribution >= 4 is 21.4 Å². The number of nitrogens with two attached hydrogens (primary N) is 1. The van der Waals surface area contributed by atoms with Gasteiger partial charge in [-0.3, -0.25) is 0 Å². The Bertz CT molecular complexity index is 518. The minimum atomic E-state index is -3.58. The van der Waals surface area contributed by atoms with Gasteiger partial charge in [-0.15, -0.1) is 11.3 Å². The van der Waals surface area contributed by atoms with Crippen LogP contribution in [0.4, 0.5) is 0 Å². The standard InChI is InChI=1S/C15H27NO2S2/c1-4-6-7-8-9-11-14-13(10-5-2)12(3)19-15(14)20(16,17)18/h4-11H2,1-3H3,(H2,16,17,18). The number of hydrogen-bond donors (Lipinski definition) is 1. The van der Waals surface area contributed by atoms with Crippen LogP contribution in [-0.2, 0) is 22.9 Å². The lowest BCUT2D eigenvalue weighted by Gasteiger charge is -2.07. The van der Waals surface area contributed by atoms with Crippen molar-refractivity contribution in [2.45, 2.75) is 76.3 Å². The summed E-state index contributed by atoms with van der Waals surface area (Å²) in [5.41, 5.74) is 2.21. The summed E-state index contributed by atoms with van der Waals surface area (Å²) in [4.78, 5) is 1.11. The van der Waals surface area contributed by atoms with Crippen LogP contribution in [0.1, 0.15) is 68.4 Å². The molecule has 0 spiro atoms. The number of aryl methyl sites for hydroxylation is 1. The van der Waals surface area contributed by atoms with E-state index in [1.165, 1.54) is 42.6 Å². The number of thiophene rings is 1. The first-order valence-electron chi connectivity index (χ1n) is 7.55. The molecule has 0 saturated heterocycles. The maximum atomic E-state index is 11.7. The average molecular weight is 318 g/mol. The molecule has 0 fully saturated rings. The van der Waals surface area contributed by atoms with Crippen LogP contribution in [0.3, 0.4) is 0 Å². The van der Waals surface area contributed by atoms with Gasteiger partial charge in [-0.2, -0.15) is 0 Å². The SMILES string of the molecule is CCCCCCCc1c(S(N)(=O)=O)sc(C)c1CCC. The highest BCUT2D eigenvalue weighted by molar-refractivity contribution is 7.91. The number of sulfonamides is 1. The molecule has 0 aromatic carbocycles. The second-order valence-corrected chi connectivity index (χ2v) is 8.34. The third-order valence-electron chi connectivity index (χ3n) is 3.57. The highest BCUT2D eigenvalue weighted by Crippen LogP contribution is 2.33. The van der Waals surface area contributed by atoms with Gasteiger partial charge in [0.15, 0.2) is 0 Å². The average Bonchev–Trinajstić information content (AvgIpc) is 2.67. The number of hydrogen-bond acceptors (Lipinski definition) is 3. The Morgan fingerprint density at radius 2 is 1.60 bits per heavy atom. The summed E-state index contributed by atoms with van der Waals surface area (Å²) in [6.07, 6.45) is 8.75. The Hall–Kier alpha value is -0.390. The highest BCUT2D eigenvalue weighted by Gasteiger charge is 2.22. The quantitative estimate of drug-likeness (QED) is 0.695. The molecule has 0 saturated carbocycles. The molecule has 116 valence electrons. The number of rotatable bonds is 9. The van der Waals surface area contributed by atoms with Crippen LogP contribution in [0.25, 0.3) is 0 Å². The topological polar surface area (TPSA) is 60.2 Å². The summed E-state index contributed by atoms with van der Waals surface area (Å²) >= 11 is 1.34. The van der Waals surface area contributed by atoms with Crippen LogP contribution < -0.4 is 5.14 Å². The van der Waals surface area contributed by atoms with Crippen LogP contribution in [0, 0.1) is 6.92 Å². The molecular formula is C15H27NO2S2. The molecule has 1 rings (SSSR count). The van der Waals surface area contributed by atoms with Crippen molar-refractivity contribution in [3.63, 3.8) is 0 Å². The highest BCUT2D eigenvalue weighted by atomic mass is 32.2. The second-order valence-electron chi connectivity index (χ2n) is 5.36. The maximum absolute atomic E-state index is 11.7. The Morgan fingerprint density at radius 3 is 2.15 bits per heavy atom. The Kier molecular flexibility index (Phi) is 7.20. The zero-order valence-electron chi connectivity index (χ0n) is 12.9. The molecule has 0 amide bonds. The fourth-order valence-electron chi connectivity index (χ4n) is 2.56. The van der Waals surface area contributed by atoms with Crippen molar-refractivity contribution in [3.05, 3.63) is 16.0 Å². The van der Waals surface area contributed by atoms with Crippen molar-refractivity contribution in [2.75, 3.05) is 0 Å². The van der Waals surface area contributed by atoms with E-state index >= 15 is 0 Å². The molecule has 1 aromatic heterocycles. The largest absolute Gasteiger partial charge is 0.247 e. The minimum Gasteiger partial charge on any atom is -0.224 e. The Morgan fingerprint density at radius 1 is 0.950 bits per heavy atom. The fourth-order valence-corrected chi connectivity index (χ4v) is 4.95. The van der Waals surface area contributed by atoms with Crippen molar-refractivity contribution in [1.82, 2.24) is 0 Å². The molecule has 20 heavy (non-hydrogen) atoms. The number of unbranched alkanes of at least 4 members (excludes halogenated alkanes) is 4. The Balaban J connectivity index is 2.89. The summed E-state index contributed by atoms with van der Waals surface area (Å²) in [6.45, 7) is 6.32. The summed E-state index contributed by atoms with van der Waals surface area (Å²) in [5.74, 6) is 0. The van der Waals surface area contributed by atoms with E-state index in [1.807, 2.05) is 6.92 Å². The van der Waals surface area contributed by atoms with Gasteiger partial charge in [0.25, 0.3) is 0 Å². The summed E-state index contributed by atoms with van der Waals surface area (Å²) in [6, 6.07) is 0. The van der Waals surface area contributed by atoms with Crippen LogP contribution in [-0.4, -0.2) is 8.42 Å². The van der Waals surface area contributed by atoms with Crippen LogP contribution in [0.5, 0.6) is 0 Å². The van der Waals surface area contributed by atoms with Gasteiger partial charge >= 0.3 is 0 Å². The third-order valence-corrected chi connectivity index (χ3v) is 6.26. The van der Waals surface area contributed by atoms with Crippen LogP contribution in [0.2, 0.25) is 0 Å². The maximum Gasteiger partial charge on any atom is 0.247 e. The molecule has 0 unspecified atom stereocenters. The van der Waals surface area contributed by atoms with Crippen molar-refractivity contribution in [3.8, 4) is 0 Å². The predicted octanol–water partition coefficient (Wildman–Crippen LogP) is 4.17. The van der Waals surface area contributed by atoms with E-state index in [0.717, 1.165) is 36.1 Å². The van der Waals surface area contributed by atoms with E-state index in [-0.39, 0.29) is 0 Å². The van der Waals surface area contributed by atoms with E-state index in [2.05, 4.69) is 13.8 Å². The second kappa shape index (κ2) is 8.15. The Labute approximate surface area is 127 Å². The third kappa shape index (κ3) is 4.86. The molecule has 0 radical (unpaired) electrons. The molecule has 0 bridgehead atoms. The molecule has 0 aliphatic carbocycles. The van der Waals surface area contributed by atoms with Gasteiger partial charge in [0.2, 0.25) is 10.0 Å². The summed E-state index contributed by atoms with van der Waals surface area (Å²) in [5, 5.41) is 5.37. The fraction of sp³-hybridized carbons (Fsp3) is 0.733. The first kappa shape index (κ1) is 17.7. The van der Waals surface area contributed by atoms with E-state index in [4.69, 9.17) is 5.14 Å². The van der Waals surface area contributed by atoms with Gasteiger partial charge in [-0.1, -0.05) is 46.0 Å². The molecule has 1 heterocycles. The normalized spacial score (nSPS) is 12.0. The zero-order valence-corrected chi connectivity index (χ0v) is 14.5. The van der Waals surface area contributed by atoms with E-state index in [0.29, 0.717) is 4.21 Å². The molecule has 1 aromatic rings. The smallest absolute Gasteiger partial charge is 0.224 e. The van der Waals surface area contributed by atoms with E-state index in [1.54, 1.807) is 0 Å². The van der Waals surface area contributed by atoms with E-state index in [9.17, 15) is 8.42 Å². The predicted molar refractivity (Wildman–Crippen MR) is 86.9 cm³/mol.